The van der Waals surface area contributed by atoms with Crippen LogP contribution in [0.15, 0.2) is 17.5 Å². The smallest absolute Gasteiger partial charge is 0.242 e. The minimum absolute atomic E-state index is 0.0443. The van der Waals surface area contributed by atoms with Crippen LogP contribution in [0.3, 0.4) is 0 Å². The van der Waals surface area contributed by atoms with Crippen LogP contribution >= 0.6 is 23.6 Å². The van der Waals surface area contributed by atoms with E-state index in [-0.39, 0.29) is 11.9 Å². The van der Waals surface area contributed by atoms with Gasteiger partial charge < -0.3 is 5.32 Å². The number of thiophene rings is 1. The van der Waals surface area contributed by atoms with Gasteiger partial charge in [0.15, 0.2) is 10.6 Å². The first-order valence-electron chi connectivity index (χ1n) is 6.13. The Morgan fingerprint density at radius 1 is 1.68 bits per heavy atom. The topological polar surface area (TPSA) is 62.7 Å². The van der Waals surface area contributed by atoms with Gasteiger partial charge in [-0.15, -0.1) is 11.3 Å². The third kappa shape index (κ3) is 2.93. The lowest BCUT2D eigenvalue weighted by Crippen LogP contribution is -2.31. The van der Waals surface area contributed by atoms with Crippen LogP contribution in [-0.2, 0) is 4.79 Å². The summed E-state index contributed by atoms with van der Waals surface area (Å²) in [6.07, 6.45) is 0.910. The molecule has 0 unspecified atom stereocenters. The Hall–Kier alpha value is -1.47. The lowest BCUT2D eigenvalue weighted by atomic mass is 10.3. The summed E-state index contributed by atoms with van der Waals surface area (Å²) in [5, 5.41) is 11.8. The minimum atomic E-state index is -0.380. The number of amides is 1. The van der Waals surface area contributed by atoms with Gasteiger partial charge in [0, 0.05) is 6.54 Å². The van der Waals surface area contributed by atoms with Gasteiger partial charge in [0.1, 0.15) is 6.04 Å². The summed E-state index contributed by atoms with van der Waals surface area (Å²) in [5.41, 5.74) is 0. The molecule has 0 spiro atoms. The van der Waals surface area contributed by atoms with Gasteiger partial charge in [-0.1, -0.05) is 13.0 Å². The molecule has 0 saturated carbocycles. The molecule has 5 nitrogen and oxygen atoms in total. The third-order valence-corrected chi connectivity index (χ3v) is 3.92. The van der Waals surface area contributed by atoms with Crippen molar-refractivity contribution in [1.82, 2.24) is 20.1 Å². The van der Waals surface area contributed by atoms with E-state index in [1.54, 1.807) is 15.9 Å². The number of carbonyl (C=O) groups is 1. The molecule has 2 rings (SSSR count). The fourth-order valence-corrected chi connectivity index (χ4v) is 2.76. The molecule has 2 N–H and O–H groups in total. The zero-order chi connectivity index (χ0) is 13.8. The Morgan fingerprint density at radius 2 is 2.47 bits per heavy atom. The van der Waals surface area contributed by atoms with E-state index in [4.69, 9.17) is 12.2 Å². The normalized spacial score (nSPS) is 12.3. The second-order valence-corrected chi connectivity index (χ2v) is 5.50. The number of nitrogens with zero attached hydrogens (tertiary/aromatic N) is 2. The highest BCUT2D eigenvalue weighted by molar-refractivity contribution is 7.71. The Kier molecular flexibility index (Phi) is 4.49. The van der Waals surface area contributed by atoms with Crippen LogP contribution in [0.2, 0.25) is 0 Å². The molecule has 0 aromatic carbocycles. The van der Waals surface area contributed by atoms with Crippen molar-refractivity contribution < 1.29 is 4.79 Å². The van der Waals surface area contributed by atoms with Crippen molar-refractivity contribution in [3.8, 4) is 10.7 Å². The largest absolute Gasteiger partial charge is 0.354 e. The van der Waals surface area contributed by atoms with Gasteiger partial charge in [0.05, 0.1) is 4.88 Å². The number of aromatic nitrogens is 3. The number of aromatic amines is 1. The summed E-state index contributed by atoms with van der Waals surface area (Å²) in [7, 11) is 0. The Balaban J connectivity index is 2.32. The Bertz CT molecular complexity index is 600. The molecule has 2 heterocycles. The quantitative estimate of drug-likeness (QED) is 0.834. The van der Waals surface area contributed by atoms with Crippen molar-refractivity contribution >= 4 is 29.5 Å². The van der Waals surface area contributed by atoms with Gasteiger partial charge in [-0.05, 0) is 37.0 Å². The summed E-state index contributed by atoms with van der Waals surface area (Å²) in [6, 6.07) is 3.53. The highest BCUT2D eigenvalue weighted by Crippen LogP contribution is 2.25. The van der Waals surface area contributed by atoms with Crippen molar-refractivity contribution in [3.63, 3.8) is 0 Å². The molecule has 0 aliphatic heterocycles. The van der Waals surface area contributed by atoms with E-state index in [0.717, 1.165) is 11.3 Å². The number of hydrogen-bond acceptors (Lipinski definition) is 4. The molecular weight excluding hydrogens is 280 g/mol. The van der Waals surface area contributed by atoms with Crippen molar-refractivity contribution in [2.24, 2.45) is 0 Å². The molecule has 0 radical (unpaired) electrons. The van der Waals surface area contributed by atoms with E-state index < -0.39 is 0 Å². The molecule has 0 saturated heterocycles. The SMILES string of the molecule is CCCNC(=O)[C@H](C)n1c(-c2cccs2)n[nH]c1=S. The van der Waals surface area contributed by atoms with Crippen LogP contribution in [0.4, 0.5) is 0 Å². The third-order valence-electron chi connectivity index (χ3n) is 2.76. The Labute approximate surface area is 120 Å². The highest BCUT2D eigenvalue weighted by atomic mass is 32.1. The van der Waals surface area contributed by atoms with Crippen LogP contribution in [0.5, 0.6) is 0 Å². The van der Waals surface area contributed by atoms with Gasteiger partial charge in [0.2, 0.25) is 5.91 Å². The molecule has 0 fully saturated rings. The monoisotopic (exact) mass is 296 g/mol. The maximum atomic E-state index is 12.1. The number of nitrogens with one attached hydrogen (secondary N) is 2. The maximum absolute atomic E-state index is 12.1. The zero-order valence-electron chi connectivity index (χ0n) is 10.8. The molecule has 1 atom stereocenters. The number of H-pyrrole nitrogens is 1. The predicted octanol–water partition coefficient (Wildman–Crippen LogP) is 2.76. The molecular formula is C12H16N4OS2. The van der Waals surface area contributed by atoms with Gasteiger partial charge in [0.25, 0.3) is 0 Å². The maximum Gasteiger partial charge on any atom is 0.242 e. The van der Waals surface area contributed by atoms with E-state index in [1.807, 2.05) is 31.4 Å². The Morgan fingerprint density at radius 3 is 3.11 bits per heavy atom. The fourth-order valence-electron chi connectivity index (χ4n) is 1.76. The zero-order valence-corrected chi connectivity index (χ0v) is 12.5. The average molecular weight is 296 g/mol. The van der Waals surface area contributed by atoms with Crippen LogP contribution in [0, 0.1) is 4.77 Å². The summed E-state index contributed by atoms with van der Waals surface area (Å²) in [6.45, 7) is 4.52. The van der Waals surface area contributed by atoms with Crippen LogP contribution in [0.25, 0.3) is 10.7 Å². The lowest BCUT2D eigenvalue weighted by Gasteiger charge is -2.14. The van der Waals surface area contributed by atoms with Gasteiger partial charge in [-0.25, -0.2) is 0 Å². The molecule has 102 valence electrons. The molecule has 2 aromatic rings. The summed E-state index contributed by atoms with van der Waals surface area (Å²) in [4.78, 5) is 13.0. The van der Waals surface area contributed by atoms with E-state index in [9.17, 15) is 4.79 Å². The van der Waals surface area contributed by atoms with Gasteiger partial charge in [-0.3, -0.25) is 14.5 Å². The second kappa shape index (κ2) is 6.12. The number of rotatable bonds is 5. The minimum Gasteiger partial charge on any atom is -0.354 e. The van der Waals surface area contributed by atoms with Crippen LogP contribution in [-0.4, -0.2) is 27.2 Å². The van der Waals surface area contributed by atoms with E-state index in [2.05, 4.69) is 15.5 Å². The number of hydrogen-bond donors (Lipinski definition) is 2. The standard InChI is InChI=1S/C12H16N4OS2/c1-3-6-13-11(17)8(2)16-10(14-15-12(16)18)9-5-4-7-19-9/h4-5,7-8H,3,6H2,1-2H3,(H,13,17)(H,15,18)/t8-/m0/s1. The summed E-state index contributed by atoms with van der Waals surface area (Å²) in [5.74, 6) is 0.663. The van der Waals surface area contributed by atoms with Crippen molar-refractivity contribution in [2.75, 3.05) is 6.54 Å². The molecule has 0 bridgehead atoms. The molecule has 0 aliphatic rings. The average Bonchev–Trinajstić information content (AvgIpc) is 3.03. The van der Waals surface area contributed by atoms with Gasteiger partial charge >= 0.3 is 0 Å². The van der Waals surface area contributed by atoms with Crippen LogP contribution < -0.4 is 5.32 Å². The first-order chi connectivity index (χ1) is 9.15. The predicted molar refractivity (Wildman–Crippen MR) is 78.7 cm³/mol. The summed E-state index contributed by atoms with van der Waals surface area (Å²) < 4.78 is 2.22. The van der Waals surface area contributed by atoms with E-state index in [1.165, 1.54) is 0 Å². The van der Waals surface area contributed by atoms with Crippen LogP contribution in [0.1, 0.15) is 26.3 Å². The first kappa shape index (κ1) is 14.0. The molecule has 7 heteroatoms. The highest BCUT2D eigenvalue weighted by Gasteiger charge is 2.20. The lowest BCUT2D eigenvalue weighted by molar-refractivity contribution is -0.123. The summed E-state index contributed by atoms with van der Waals surface area (Å²) >= 11 is 6.79. The second-order valence-electron chi connectivity index (χ2n) is 4.17. The fraction of sp³-hybridized carbons (Fsp3) is 0.417. The molecule has 19 heavy (non-hydrogen) atoms. The molecule has 2 aromatic heterocycles. The number of carbonyl (C=O) groups excluding carboxylic acids is 1. The van der Waals surface area contributed by atoms with Crippen molar-refractivity contribution in [3.05, 3.63) is 22.3 Å². The van der Waals surface area contributed by atoms with Gasteiger partial charge in [-0.2, -0.15) is 5.10 Å². The van der Waals surface area contributed by atoms with Crippen molar-refractivity contribution in [2.45, 2.75) is 26.3 Å². The molecule has 0 aliphatic carbocycles. The van der Waals surface area contributed by atoms with E-state index >= 15 is 0 Å². The van der Waals surface area contributed by atoms with Crippen molar-refractivity contribution in [1.29, 1.82) is 0 Å². The first-order valence-corrected chi connectivity index (χ1v) is 7.42. The van der Waals surface area contributed by atoms with E-state index in [0.29, 0.717) is 17.1 Å². The molecule has 1 amide bonds.